The van der Waals surface area contributed by atoms with Gasteiger partial charge in [-0.25, -0.2) is 0 Å². The second-order valence-corrected chi connectivity index (χ2v) is 6.02. The van der Waals surface area contributed by atoms with Crippen LogP contribution < -0.4 is 4.90 Å². The molecular formula is C18H20N2O. The molecule has 0 N–H and O–H groups in total. The van der Waals surface area contributed by atoms with E-state index in [-0.39, 0.29) is 5.91 Å². The Hall–Kier alpha value is -1.87. The number of hydrogen-bond acceptors (Lipinski definition) is 2. The number of amides is 1. The van der Waals surface area contributed by atoms with Crippen LogP contribution in [0.5, 0.6) is 0 Å². The highest BCUT2D eigenvalue weighted by atomic mass is 16.2. The molecule has 2 aliphatic heterocycles. The van der Waals surface area contributed by atoms with E-state index in [9.17, 15) is 4.79 Å². The molecule has 21 heavy (non-hydrogen) atoms. The van der Waals surface area contributed by atoms with Gasteiger partial charge in [0.15, 0.2) is 0 Å². The minimum atomic E-state index is 0.171. The fourth-order valence-corrected chi connectivity index (χ4v) is 3.89. The minimum Gasteiger partial charge on any atom is -0.306 e. The second-order valence-electron chi connectivity index (χ2n) is 6.02. The Labute approximate surface area is 125 Å². The van der Waals surface area contributed by atoms with Crippen molar-refractivity contribution in [3.63, 3.8) is 0 Å². The Balaban J connectivity index is 1.72. The standard InChI is InChI=1S/C18H20N2O/c1-2-19-11-5-8-14(19)12-20-16-10-4-7-13-6-3-9-15(17(13)16)18(20)21/h3-4,6-7,9-10,14H,2,5,8,11-12H2,1H3. The zero-order chi connectivity index (χ0) is 14.4. The lowest BCUT2D eigenvalue weighted by atomic mass is 10.1. The maximum absolute atomic E-state index is 12.8. The summed E-state index contributed by atoms with van der Waals surface area (Å²) in [4.78, 5) is 17.3. The van der Waals surface area contributed by atoms with Gasteiger partial charge in [-0.3, -0.25) is 9.69 Å². The van der Waals surface area contributed by atoms with Crippen molar-refractivity contribution < 1.29 is 4.79 Å². The maximum Gasteiger partial charge on any atom is 0.259 e. The van der Waals surface area contributed by atoms with Crippen molar-refractivity contribution in [2.75, 3.05) is 24.5 Å². The Morgan fingerprint density at radius 3 is 2.81 bits per heavy atom. The number of carbonyl (C=O) groups is 1. The van der Waals surface area contributed by atoms with Gasteiger partial charge >= 0.3 is 0 Å². The van der Waals surface area contributed by atoms with Gasteiger partial charge in [0.1, 0.15) is 0 Å². The molecule has 0 radical (unpaired) electrons. The van der Waals surface area contributed by atoms with Gasteiger partial charge in [0, 0.05) is 23.5 Å². The SMILES string of the molecule is CCN1CCCC1CN1C(=O)c2cccc3cccc1c23. The molecule has 2 aliphatic rings. The molecule has 0 aliphatic carbocycles. The first-order valence-electron chi connectivity index (χ1n) is 7.87. The van der Waals surface area contributed by atoms with E-state index >= 15 is 0 Å². The quantitative estimate of drug-likeness (QED) is 0.861. The van der Waals surface area contributed by atoms with Crippen LogP contribution in [-0.4, -0.2) is 36.5 Å². The van der Waals surface area contributed by atoms with Gasteiger partial charge in [-0.1, -0.05) is 31.2 Å². The van der Waals surface area contributed by atoms with E-state index in [4.69, 9.17) is 0 Å². The van der Waals surface area contributed by atoms with Crippen LogP contribution in [-0.2, 0) is 0 Å². The van der Waals surface area contributed by atoms with Gasteiger partial charge in [0.05, 0.1) is 5.69 Å². The molecule has 0 bridgehead atoms. The molecule has 0 spiro atoms. The van der Waals surface area contributed by atoms with E-state index in [2.05, 4.69) is 36.1 Å². The number of anilines is 1. The summed E-state index contributed by atoms with van der Waals surface area (Å²) in [6.07, 6.45) is 2.45. The van der Waals surface area contributed by atoms with Crippen LogP contribution in [0.15, 0.2) is 36.4 Å². The first-order chi connectivity index (χ1) is 10.3. The Morgan fingerprint density at radius 1 is 1.19 bits per heavy atom. The molecule has 2 aromatic rings. The van der Waals surface area contributed by atoms with Crippen molar-refractivity contribution in [1.29, 1.82) is 0 Å². The number of rotatable bonds is 3. The van der Waals surface area contributed by atoms with E-state index < -0.39 is 0 Å². The normalized spacial score (nSPS) is 21.7. The number of nitrogens with zero attached hydrogens (tertiary/aromatic N) is 2. The third-order valence-electron chi connectivity index (χ3n) is 4.95. The van der Waals surface area contributed by atoms with Crippen molar-refractivity contribution in [3.8, 4) is 0 Å². The predicted octanol–water partition coefficient (Wildman–Crippen LogP) is 3.28. The summed E-state index contributed by atoms with van der Waals surface area (Å²) in [5, 5.41) is 2.30. The molecule has 1 saturated heterocycles. The second kappa shape index (κ2) is 4.85. The number of likely N-dealkylation sites (tertiary alicyclic amines) is 1. The fourth-order valence-electron chi connectivity index (χ4n) is 3.89. The average molecular weight is 280 g/mol. The lowest BCUT2D eigenvalue weighted by molar-refractivity contribution is 0.0985. The maximum atomic E-state index is 12.8. The van der Waals surface area contributed by atoms with Gasteiger partial charge in [0.2, 0.25) is 0 Å². The summed E-state index contributed by atoms with van der Waals surface area (Å²) in [5.41, 5.74) is 1.96. The smallest absolute Gasteiger partial charge is 0.259 e. The number of benzene rings is 2. The van der Waals surface area contributed by atoms with E-state index in [1.165, 1.54) is 24.8 Å². The molecule has 1 amide bonds. The van der Waals surface area contributed by atoms with Crippen LogP contribution in [0.2, 0.25) is 0 Å². The van der Waals surface area contributed by atoms with Crippen LogP contribution >= 0.6 is 0 Å². The Morgan fingerprint density at radius 2 is 2.00 bits per heavy atom. The zero-order valence-electron chi connectivity index (χ0n) is 12.4. The van der Waals surface area contributed by atoms with Crippen LogP contribution in [0.1, 0.15) is 30.1 Å². The lowest BCUT2D eigenvalue weighted by Crippen LogP contribution is -2.41. The van der Waals surface area contributed by atoms with Crippen LogP contribution in [0, 0.1) is 0 Å². The van der Waals surface area contributed by atoms with Gasteiger partial charge in [-0.05, 0) is 43.5 Å². The lowest BCUT2D eigenvalue weighted by Gasteiger charge is -2.28. The van der Waals surface area contributed by atoms with E-state index in [1.54, 1.807) is 0 Å². The van der Waals surface area contributed by atoms with E-state index in [0.717, 1.165) is 29.7 Å². The summed E-state index contributed by atoms with van der Waals surface area (Å²) < 4.78 is 0. The largest absolute Gasteiger partial charge is 0.306 e. The predicted molar refractivity (Wildman–Crippen MR) is 85.9 cm³/mol. The zero-order valence-corrected chi connectivity index (χ0v) is 12.4. The molecule has 1 atom stereocenters. The third-order valence-corrected chi connectivity index (χ3v) is 4.95. The summed E-state index contributed by atoms with van der Waals surface area (Å²) in [7, 11) is 0. The molecule has 0 aromatic heterocycles. The third kappa shape index (κ3) is 1.88. The molecule has 1 fully saturated rings. The van der Waals surface area contributed by atoms with Gasteiger partial charge in [-0.2, -0.15) is 0 Å². The molecule has 1 unspecified atom stereocenters. The van der Waals surface area contributed by atoms with Crippen molar-refractivity contribution in [1.82, 2.24) is 4.90 Å². The summed E-state index contributed by atoms with van der Waals surface area (Å²) in [5.74, 6) is 0.171. The molecule has 108 valence electrons. The summed E-state index contributed by atoms with van der Waals surface area (Å²) in [6, 6.07) is 12.8. The van der Waals surface area contributed by atoms with Gasteiger partial charge < -0.3 is 4.90 Å². The summed E-state index contributed by atoms with van der Waals surface area (Å²) in [6.45, 7) is 5.27. The number of carbonyl (C=O) groups excluding carboxylic acids is 1. The molecule has 0 saturated carbocycles. The molecule has 2 heterocycles. The first-order valence-corrected chi connectivity index (χ1v) is 7.87. The number of hydrogen-bond donors (Lipinski definition) is 0. The minimum absolute atomic E-state index is 0.171. The molecule has 3 heteroatoms. The first kappa shape index (κ1) is 12.8. The van der Waals surface area contributed by atoms with Gasteiger partial charge in [-0.15, -0.1) is 0 Å². The highest BCUT2D eigenvalue weighted by Gasteiger charge is 2.33. The Bertz CT molecular complexity index is 704. The topological polar surface area (TPSA) is 23.6 Å². The van der Waals surface area contributed by atoms with Crippen LogP contribution in [0.3, 0.4) is 0 Å². The van der Waals surface area contributed by atoms with Crippen molar-refractivity contribution in [3.05, 3.63) is 42.0 Å². The Kier molecular flexibility index (Phi) is 2.96. The van der Waals surface area contributed by atoms with E-state index in [1.807, 2.05) is 17.0 Å². The number of likely N-dealkylation sites (N-methyl/N-ethyl adjacent to an activating group) is 1. The van der Waals surface area contributed by atoms with Crippen LogP contribution in [0.4, 0.5) is 5.69 Å². The monoisotopic (exact) mass is 280 g/mol. The van der Waals surface area contributed by atoms with Gasteiger partial charge in [0.25, 0.3) is 5.91 Å². The van der Waals surface area contributed by atoms with Crippen molar-refractivity contribution in [2.45, 2.75) is 25.8 Å². The van der Waals surface area contributed by atoms with Crippen molar-refractivity contribution >= 4 is 22.4 Å². The van der Waals surface area contributed by atoms with Crippen molar-refractivity contribution in [2.24, 2.45) is 0 Å². The molecule has 3 nitrogen and oxygen atoms in total. The van der Waals surface area contributed by atoms with E-state index in [0.29, 0.717) is 6.04 Å². The molecular weight excluding hydrogens is 260 g/mol. The average Bonchev–Trinajstić information content (AvgIpc) is 3.07. The highest BCUT2D eigenvalue weighted by molar-refractivity contribution is 6.25. The fraction of sp³-hybridized carbons (Fsp3) is 0.389. The summed E-state index contributed by atoms with van der Waals surface area (Å²) >= 11 is 0. The highest BCUT2D eigenvalue weighted by Crippen LogP contribution is 2.37. The molecule has 2 aromatic carbocycles. The van der Waals surface area contributed by atoms with Crippen LogP contribution in [0.25, 0.3) is 10.8 Å². The molecule has 4 rings (SSSR count).